The molecule has 0 aliphatic rings. The molecule has 26 heavy (non-hydrogen) atoms. The van der Waals surface area contributed by atoms with Crippen molar-refractivity contribution in [3.63, 3.8) is 0 Å². The molecule has 1 aromatic heterocycles. The number of rotatable bonds is 4. The molecular weight excluding hydrogens is 399 g/mol. The second-order valence-corrected chi connectivity index (χ2v) is 6.91. The van der Waals surface area contributed by atoms with Crippen LogP contribution in [0.5, 0.6) is 0 Å². The van der Waals surface area contributed by atoms with E-state index in [1.54, 1.807) is 22.9 Å². The number of hydrogen-bond acceptors (Lipinski definition) is 3. The molecule has 0 N–H and O–H groups in total. The predicted molar refractivity (Wildman–Crippen MR) is 103 cm³/mol. The highest BCUT2D eigenvalue weighted by Crippen LogP contribution is 2.30. The summed E-state index contributed by atoms with van der Waals surface area (Å²) in [6, 6.07) is 8.72. The van der Waals surface area contributed by atoms with E-state index in [4.69, 9.17) is 23.2 Å². The van der Waals surface area contributed by atoms with Crippen LogP contribution in [0, 0.1) is 11.6 Å². The van der Waals surface area contributed by atoms with Crippen LogP contribution in [0.2, 0.25) is 10.0 Å². The molecule has 3 nitrogen and oxygen atoms in total. The van der Waals surface area contributed by atoms with Crippen LogP contribution in [0.15, 0.2) is 51.9 Å². The van der Waals surface area contributed by atoms with Crippen molar-refractivity contribution in [1.29, 1.82) is 0 Å². The largest absolute Gasteiger partial charge is 0.258 e. The fraction of sp³-hybridized carbons (Fsp3) is 0.111. The summed E-state index contributed by atoms with van der Waals surface area (Å²) in [7, 11) is 0. The van der Waals surface area contributed by atoms with Crippen LogP contribution in [-0.4, -0.2) is 17.4 Å². The fourth-order valence-corrected chi connectivity index (χ4v) is 3.53. The van der Waals surface area contributed by atoms with Gasteiger partial charge in [0.25, 0.3) is 0 Å². The smallest absolute Gasteiger partial charge is 0.206 e. The molecule has 3 aromatic rings. The average Bonchev–Trinajstić information content (AvgIpc) is 3.01. The van der Waals surface area contributed by atoms with E-state index in [1.807, 2.05) is 12.3 Å². The van der Waals surface area contributed by atoms with Crippen molar-refractivity contribution in [2.75, 3.05) is 6.54 Å². The third-order valence-corrected chi connectivity index (χ3v) is 4.87. The van der Waals surface area contributed by atoms with E-state index in [-0.39, 0.29) is 0 Å². The summed E-state index contributed by atoms with van der Waals surface area (Å²) in [6.07, 6.45) is 1.44. The van der Waals surface area contributed by atoms with E-state index in [9.17, 15) is 8.78 Å². The van der Waals surface area contributed by atoms with Crippen LogP contribution < -0.4 is 4.80 Å². The van der Waals surface area contributed by atoms with Crippen LogP contribution in [0.3, 0.4) is 0 Å². The third-order valence-electron chi connectivity index (χ3n) is 3.45. The number of halogens is 4. The first-order valence-corrected chi connectivity index (χ1v) is 9.29. The van der Waals surface area contributed by atoms with Gasteiger partial charge in [0.2, 0.25) is 4.80 Å². The van der Waals surface area contributed by atoms with Crippen LogP contribution >= 0.6 is 34.5 Å². The first kappa shape index (κ1) is 18.8. The number of aromatic nitrogens is 1. The van der Waals surface area contributed by atoms with E-state index in [1.165, 1.54) is 23.6 Å². The van der Waals surface area contributed by atoms with Gasteiger partial charge in [-0.15, -0.1) is 11.3 Å². The lowest BCUT2D eigenvalue weighted by molar-refractivity contribution is 0.508. The SMILES string of the molecule is CCN=c1scc(-c2cc(Cl)ccc2Cl)n1N=Cc1ccc(F)c(F)c1. The zero-order valence-electron chi connectivity index (χ0n) is 13.6. The van der Waals surface area contributed by atoms with Crippen molar-refractivity contribution in [3.8, 4) is 11.3 Å². The number of benzene rings is 2. The van der Waals surface area contributed by atoms with E-state index in [2.05, 4.69) is 10.1 Å². The number of hydrogen-bond donors (Lipinski definition) is 0. The first-order valence-electron chi connectivity index (χ1n) is 7.65. The maximum atomic E-state index is 13.4. The number of thiazole rings is 1. The lowest BCUT2D eigenvalue weighted by atomic mass is 10.2. The minimum Gasteiger partial charge on any atom is -0.258 e. The van der Waals surface area contributed by atoms with Gasteiger partial charge in [-0.05, 0) is 42.8 Å². The van der Waals surface area contributed by atoms with Gasteiger partial charge in [0.1, 0.15) is 0 Å². The van der Waals surface area contributed by atoms with Crippen LogP contribution in [0.4, 0.5) is 8.78 Å². The molecule has 1 heterocycles. The fourth-order valence-electron chi connectivity index (χ4n) is 2.25. The Labute approximate surface area is 162 Å². The predicted octanol–water partition coefficient (Wildman–Crippen LogP) is 5.60. The summed E-state index contributed by atoms with van der Waals surface area (Å²) in [4.78, 5) is 5.06. The summed E-state index contributed by atoms with van der Waals surface area (Å²) in [6.45, 7) is 2.49. The van der Waals surface area contributed by atoms with Gasteiger partial charge in [-0.2, -0.15) is 5.10 Å². The highest BCUT2D eigenvalue weighted by atomic mass is 35.5. The molecule has 0 aliphatic carbocycles. The van der Waals surface area contributed by atoms with Crippen molar-refractivity contribution < 1.29 is 8.78 Å². The Morgan fingerprint density at radius 3 is 2.65 bits per heavy atom. The quantitative estimate of drug-likeness (QED) is 0.499. The van der Waals surface area contributed by atoms with Crippen molar-refractivity contribution in [1.82, 2.24) is 4.68 Å². The molecule has 0 atom stereocenters. The Balaban J connectivity index is 2.11. The van der Waals surface area contributed by atoms with Crippen LogP contribution in [-0.2, 0) is 0 Å². The van der Waals surface area contributed by atoms with Gasteiger partial charge >= 0.3 is 0 Å². The number of nitrogens with zero attached hydrogens (tertiary/aromatic N) is 3. The summed E-state index contributed by atoms with van der Waals surface area (Å²) in [5.41, 5.74) is 1.83. The summed E-state index contributed by atoms with van der Waals surface area (Å²) in [5.74, 6) is -1.83. The first-order chi connectivity index (χ1) is 12.5. The van der Waals surface area contributed by atoms with Gasteiger partial charge < -0.3 is 0 Å². The highest BCUT2D eigenvalue weighted by molar-refractivity contribution is 7.07. The molecule has 0 bridgehead atoms. The molecule has 0 fully saturated rings. The highest BCUT2D eigenvalue weighted by Gasteiger charge is 2.12. The van der Waals surface area contributed by atoms with E-state index in [0.717, 1.165) is 12.1 Å². The molecule has 0 saturated carbocycles. The molecule has 2 aromatic carbocycles. The monoisotopic (exact) mass is 411 g/mol. The van der Waals surface area contributed by atoms with Crippen LogP contribution in [0.25, 0.3) is 11.3 Å². The molecule has 134 valence electrons. The van der Waals surface area contributed by atoms with Gasteiger partial charge in [0.15, 0.2) is 11.6 Å². The Hall–Kier alpha value is -2.02. The Morgan fingerprint density at radius 2 is 1.92 bits per heavy atom. The lowest BCUT2D eigenvalue weighted by Gasteiger charge is -2.06. The average molecular weight is 412 g/mol. The Morgan fingerprint density at radius 1 is 1.12 bits per heavy atom. The van der Waals surface area contributed by atoms with Gasteiger partial charge in [0, 0.05) is 22.5 Å². The zero-order valence-corrected chi connectivity index (χ0v) is 15.9. The van der Waals surface area contributed by atoms with E-state index < -0.39 is 11.6 Å². The maximum Gasteiger partial charge on any atom is 0.206 e. The van der Waals surface area contributed by atoms with Gasteiger partial charge in [-0.3, -0.25) is 4.99 Å². The summed E-state index contributed by atoms with van der Waals surface area (Å²) in [5, 5.41) is 7.32. The molecule has 0 amide bonds. The molecule has 3 rings (SSSR count). The van der Waals surface area contributed by atoms with Gasteiger partial charge in [0.05, 0.1) is 16.9 Å². The van der Waals surface area contributed by atoms with Crippen molar-refractivity contribution in [3.05, 3.63) is 73.8 Å². The lowest BCUT2D eigenvalue weighted by Crippen LogP contribution is -2.12. The molecule has 0 radical (unpaired) electrons. The minimum atomic E-state index is -0.930. The van der Waals surface area contributed by atoms with Crippen LogP contribution in [0.1, 0.15) is 12.5 Å². The van der Waals surface area contributed by atoms with Gasteiger partial charge in [-0.25, -0.2) is 13.5 Å². The topological polar surface area (TPSA) is 29.6 Å². The second-order valence-electron chi connectivity index (χ2n) is 5.23. The molecule has 0 unspecified atom stereocenters. The van der Waals surface area contributed by atoms with Crippen molar-refractivity contribution >= 4 is 40.8 Å². The summed E-state index contributed by atoms with van der Waals surface area (Å²) >= 11 is 13.8. The third kappa shape index (κ3) is 4.03. The standard InChI is InChI=1S/C18H13Cl2F2N3S/c1-2-23-18-25(24-9-11-3-6-15(21)16(22)7-11)17(10-26-18)13-8-12(19)4-5-14(13)20/h3-10H,2H2,1H3. The van der Waals surface area contributed by atoms with E-state index >= 15 is 0 Å². The molecule has 0 spiro atoms. The van der Waals surface area contributed by atoms with Crippen molar-refractivity contribution in [2.45, 2.75) is 6.92 Å². The molecular formula is C18H13Cl2F2N3S. The van der Waals surface area contributed by atoms with Crippen molar-refractivity contribution in [2.24, 2.45) is 10.1 Å². The Kier molecular flexibility index (Phi) is 5.86. The molecule has 0 saturated heterocycles. The molecule has 0 aliphatic heterocycles. The minimum absolute atomic E-state index is 0.424. The normalized spacial score (nSPS) is 12.3. The van der Waals surface area contributed by atoms with E-state index in [0.29, 0.717) is 38.2 Å². The zero-order chi connectivity index (χ0) is 18.7. The molecule has 8 heteroatoms. The maximum absolute atomic E-state index is 13.4. The van der Waals surface area contributed by atoms with Gasteiger partial charge in [-0.1, -0.05) is 29.3 Å². The summed E-state index contributed by atoms with van der Waals surface area (Å²) < 4.78 is 28.1. The second kappa shape index (κ2) is 8.12. The Bertz CT molecular complexity index is 1040.